The van der Waals surface area contributed by atoms with E-state index in [1.165, 1.54) is 17.1 Å². The number of carbonyl (C=O) groups excluding carboxylic acids is 3. The summed E-state index contributed by atoms with van der Waals surface area (Å²) in [5.41, 5.74) is 1.86. The number of halogens is 1. The number of aryl methyl sites for hydroxylation is 1. The summed E-state index contributed by atoms with van der Waals surface area (Å²) >= 11 is 2.21. The maximum absolute atomic E-state index is 13.3. The molecule has 4 atom stereocenters. The van der Waals surface area contributed by atoms with Gasteiger partial charge in [-0.2, -0.15) is 5.26 Å². The predicted octanol–water partition coefficient (Wildman–Crippen LogP) is 3.91. The van der Waals surface area contributed by atoms with Crippen molar-refractivity contribution in [3.8, 4) is 11.8 Å². The lowest BCUT2D eigenvalue weighted by Gasteiger charge is -2.47. The highest BCUT2D eigenvalue weighted by atomic mass is 127. The van der Waals surface area contributed by atoms with Crippen LogP contribution in [0.15, 0.2) is 73.5 Å². The van der Waals surface area contributed by atoms with Gasteiger partial charge in [0.15, 0.2) is 0 Å². The molecule has 1 aromatic heterocycles. The van der Waals surface area contributed by atoms with Crippen LogP contribution in [0.4, 0.5) is 4.79 Å². The molecule has 0 spiro atoms. The number of benzene rings is 1. The summed E-state index contributed by atoms with van der Waals surface area (Å²) in [5, 5.41) is 8.80. The first-order chi connectivity index (χ1) is 20.7. The molecular formula is C31H34IN4O7+. The van der Waals surface area contributed by atoms with Crippen LogP contribution >= 0.6 is 22.6 Å². The molecule has 4 rings (SSSR count). The largest absolute Gasteiger partial charge is 0.508 e. The Morgan fingerprint density at radius 3 is 2.67 bits per heavy atom. The minimum Gasteiger partial charge on any atom is -0.488 e. The molecule has 226 valence electrons. The number of β-lactam (4-membered cyclic amide) rings is 1. The summed E-state index contributed by atoms with van der Waals surface area (Å²) in [6.07, 6.45) is 7.53. The first-order valence-electron chi connectivity index (χ1n) is 13.8. The Morgan fingerprint density at radius 1 is 1.23 bits per heavy atom. The van der Waals surface area contributed by atoms with Gasteiger partial charge < -0.3 is 23.8 Å². The highest BCUT2D eigenvalue weighted by molar-refractivity contribution is 14.1. The van der Waals surface area contributed by atoms with E-state index in [-0.39, 0.29) is 37.3 Å². The maximum Gasteiger partial charge on any atom is 0.508 e. The van der Waals surface area contributed by atoms with Crippen molar-refractivity contribution in [2.75, 3.05) is 19.8 Å². The first-order valence-corrected chi connectivity index (χ1v) is 14.9. The van der Waals surface area contributed by atoms with Crippen molar-refractivity contribution in [1.82, 2.24) is 9.47 Å². The van der Waals surface area contributed by atoms with E-state index in [4.69, 9.17) is 24.2 Å². The number of esters is 1. The van der Waals surface area contributed by atoms with Crippen LogP contribution in [0, 0.1) is 26.7 Å². The Bertz CT molecular complexity index is 1480. The van der Waals surface area contributed by atoms with E-state index in [2.05, 4.69) is 41.8 Å². The number of rotatable bonds is 14. The summed E-state index contributed by atoms with van der Waals surface area (Å²) in [5.74, 6) is -1.25. The molecule has 0 bridgehead atoms. The lowest BCUT2D eigenvalue weighted by atomic mass is 9.77. The second-order valence-electron chi connectivity index (χ2n) is 10.2. The number of amides is 1. The quantitative estimate of drug-likeness (QED) is 0.0956. The number of ether oxygens (including phenoxy) is 4. The summed E-state index contributed by atoms with van der Waals surface area (Å²) in [4.78, 5) is 39.8. The van der Waals surface area contributed by atoms with Gasteiger partial charge in [-0.05, 0) is 47.2 Å². The average Bonchev–Trinajstić information content (AvgIpc) is 3.52. The predicted molar refractivity (Wildman–Crippen MR) is 162 cm³/mol. The minimum absolute atomic E-state index is 0.00524. The Balaban J connectivity index is 1.48. The van der Waals surface area contributed by atoms with Crippen molar-refractivity contribution in [2.24, 2.45) is 11.8 Å². The topological polar surface area (TPSA) is 124 Å². The first kappa shape index (κ1) is 31.8. The SMILES string of the molecule is C=CCOC(=O)OC(C)[C@H]1C(=O)N2C(C(=O)OCC=C)=C(COc3ccc(C[n+]4ccn(CCC#N)c4)cc3I)C(C)[C@H]12. The molecule has 1 aromatic carbocycles. The van der Waals surface area contributed by atoms with Gasteiger partial charge in [-0.15, -0.1) is 0 Å². The third-order valence-electron chi connectivity index (χ3n) is 7.40. The zero-order chi connectivity index (χ0) is 31.1. The Kier molecular flexibility index (Phi) is 10.6. The van der Waals surface area contributed by atoms with Gasteiger partial charge in [0.2, 0.25) is 12.2 Å². The summed E-state index contributed by atoms with van der Waals surface area (Å²) < 4.78 is 26.7. The van der Waals surface area contributed by atoms with Gasteiger partial charge >= 0.3 is 12.1 Å². The number of nitrogens with zero attached hydrogens (tertiary/aromatic N) is 4. The van der Waals surface area contributed by atoms with Crippen LogP contribution in [0.25, 0.3) is 0 Å². The van der Waals surface area contributed by atoms with Crippen molar-refractivity contribution in [1.29, 1.82) is 5.26 Å². The lowest BCUT2D eigenvalue weighted by Crippen LogP contribution is -2.64. The summed E-state index contributed by atoms with van der Waals surface area (Å²) in [7, 11) is 0. The van der Waals surface area contributed by atoms with Gasteiger partial charge in [-0.3, -0.25) is 4.79 Å². The molecule has 2 aliphatic rings. The molecule has 11 nitrogen and oxygen atoms in total. The Morgan fingerprint density at radius 2 is 1.98 bits per heavy atom. The van der Waals surface area contributed by atoms with E-state index in [9.17, 15) is 14.4 Å². The van der Waals surface area contributed by atoms with Gasteiger partial charge in [-0.1, -0.05) is 38.3 Å². The van der Waals surface area contributed by atoms with Gasteiger partial charge in [-0.25, -0.2) is 18.7 Å². The van der Waals surface area contributed by atoms with Crippen LogP contribution in [0.1, 0.15) is 25.8 Å². The fraction of sp³-hybridized carbons (Fsp3) is 0.387. The molecule has 12 heteroatoms. The zero-order valence-corrected chi connectivity index (χ0v) is 26.3. The van der Waals surface area contributed by atoms with Crippen molar-refractivity contribution < 1.29 is 37.9 Å². The molecule has 0 N–H and O–H groups in total. The Labute approximate surface area is 264 Å². The smallest absolute Gasteiger partial charge is 0.488 e. The summed E-state index contributed by atoms with van der Waals surface area (Å²) in [6, 6.07) is 7.63. The highest BCUT2D eigenvalue weighted by Crippen LogP contribution is 2.48. The van der Waals surface area contributed by atoms with E-state index in [0.717, 1.165) is 9.13 Å². The van der Waals surface area contributed by atoms with Crippen molar-refractivity contribution in [2.45, 2.75) is 45.5 Å². The molecule has 1 fully saturated rings. The normalized spacial score (nSPS) is 19.5. The number of carbonyl (C=O) groups is 3. The number of hydrogen-bond acceptors (Lipinski definition) is 8. The van der Waals surface area contributed by atoms with E-state index < -0.39 is 30.2 Å². The second kappa shape index (κ2) is 14.4. The molecule has 1 amide bonds. The molecule has 3 heterocycles. The lowest BCUT2D eigenvalue weighted by molar-refractivity contribution is -0.687. The number of hydrogen-bond donors (Lipinski definition) is 0. The zero-order valence-electron chi connectivity index (χ0n) is 24.1. The van der Waals surface area contributed by atoms with Crippen LogP contribution in [0.5, 0.6) is 5.75 Å². The van der Waals surface area contributed by atoms with Gasteiger partial charge in [0, 0.05) is 11.5 Å². The fourth-order valence-electron chi connectivity index (χ4n) is 5.37. The molecule has 0 saturated carbocycles. The van der Waals surface area contributed by atoms with Crippen LogP contribution in [-0.2, 0) is 36.9 Å². The molecule has 1 saturated heterocycles. The average molecular weight is 702 g/mol. The van der Waals surface area contributed by atoms with Crippen LogP contribution in [0.2, 0.25) is 0 Å². The van der Waals surface area contributed by atoms with Crippen molar-refractivity contribution >= 4 is 40.6 Å². The van der Waals surface area contributed by atoms with Crippen molar-refractivity contribution in [3.05, 3.63) is 82.6 Å². The van der Waals surface area contributed by atoms with E-state index in [0.29, 0.717) is 30.8 Å². The van der Waals surface area contributed by atoms with Gasteiger partial charge in [0.25, 0.3) is 0 Å². The molecule has 2 aromatic rings. The van der Waals surface area contributed by atoms with Crippen LogP contribution < -0.4 is 9.30 Å². The summed E-state index contributed by atoms with van der Waals surface area (Å²) in [6.45, 7) is 12.0. The van der Waals surface area contributed by atoms with Crippen LogP contribution in [0.3, 0.4) is 0 Å². The standard InChI is InChI=1S/C31H34IN4O7/c1-5-14-40-30(38)28-23(20(3)27-26(29(37)36(27)28)21(4)43-31(39)41-15-6-2)18-42-25-9-8-22(16-24(25)32)17-35-13-12-34(19-35)11-7-10-33/h5-6,8-9,12-13,16,19-21,26-27H,1-2,7,11,14-15,17-18H2,3-4H3/q+1/t20?,21?,26-,27-/m1/s1. The number of nitriles is 1. The number of aromatic nitrogens is 2. The fourth-order valence-corrected chi connectivity index (χ4v) is 6.10. The van der Waals surface area contributed by atoms with Crippen LogP contribution in [-0.4, -0.2) is 59.5 Å². The van der Waals surface area contributed by atoms with Gasteiger partial charge in [0.1, 0.15) is 62.9 Å². The third kappa shape index (κ3) is 7.10. The van der Waals surface area contributed by atoms with E-state index >= 15 is 0 Å². The van der Waals surface area contributed by atoms with E-state index in [1.807, 2.05) is 53.0 Å². The highest BCUT2D eigenvalue weighted by Gasteiger charge is 2.61. The molecule has 2 unspecified atom stereocenters. The maximum atomic E-state index is 13.3. The molecular weight excluding hydrogens is 667 g/mol. The van der Waals surface area contributed by atoms with E-state index in [1.54, 1.807) is 6.92 Å². The van der Waals surface area contributed by atoms with Crippen molar-refractivity contribution in [3.63, 3.8) is 0 Å². The Hall–Kier alpha value is -4.12. The third-order valence-corrected chi connectivity index (χ3v) is 8.24. The molecule has 0 radical (unpaired) electrons. The number of imidazole rings is 1. The monoisotopic (exact) mass is 701 g/mol. The molecule has 2 aliphatic heterocycles. The molecule has 43 heavy (non-hydrogen) atoms. The minimum atomic E-state index is -0.889. The van der Waals surface area contributed by atoms with Gasteiger partial charge in [0.05, 0.1) is 28.0 Å². The second-order valence-corrected chi connectivity index (χ2v) is 11.4. The molecule has 0 aliphatic carbocycles. The number of fused-ring (bicyclic) bond motifs is 1.